The van der Waals surface area contributed by atoms with Crippen molar-refractivity contribution in [3.05, 3.63) is 137 Å². The number of furan rings is 1. The van der Waals surface area contributed by atoms with Gasteiger partial charge in [0.2, 0.25) is 0 Å². The molecule has 1 radical (unpaired) electrons. The van der Waals surface area contributed by atoms with E-state index >= 15 is 4.39 Å². The van der Waals surface area contributed by atoms with Crippen LogP contribution in [0.3, 0.4) is 0 Å². The largest absolute Gasteiger partial charge is 0.501 e. The van der Waals surface area contributed by atoms with E-state index in [2.05, 4.69) is 82.3 Å². The number of rotatable bonds is 5. The number of hydrogen-bond donors (Lipinski definition) is 0. The first-order valence-electron chi connectivity index (χ1n) is 20.5. The third-order valence-electron chi connectivity index (χ3n) is 11.9. The Balaban J connectivity index is 0.000000167. The summed E-state index contributed by atoms with van der Waals surface area (Å²) in [6.45, 7) is 11.9. The third-order valence-corrected chi connectivity index (χ3v) is 11.9. The van der Waals surface area contributed by atoms with Crippen LogP contribution in [0.1, 0.15) is 104 Å². The topological polar surface area (TPSA) is 61.0 Å². The van der Waals surface area contributed by atoms with Gasteiger partial charge in [-0.3, -0.25) is 4.98 Å². The van der Waals surface area contributed by atoms with Crippen molar-refractivity contribution < 1.29 is 33.6 Å². The van der Waals surface area contributed by atoms with Gasteiger partial charge in [0.05, 0.1) is 11.1 Å². The number of nitrogens with zero attached hydrogens (tertiary/aromatic N) is 3. The first kappa shape index (κ1) is 40.0. The number of hydrogen-bond acceptors (Lipinski definition) is 5. The maximum absolute atomic E-state index is 15.4. The molecule has 1 saturated heterocycles. The smallest absolute Gasteiger partial charge is 0.126 e. The van der Waals surface area contributed by atoms with Crippen molar-refractivity contribution in [2.75, 3.05) is 13.2 Å². The van der Waals surface area contributed by atoms with Crippen molar-refractivity contribution in [3.8, 4) is 22.5 Å². The van der Waals surface area contributed by atoms with E-state index in [1.54, 1.807) is 12.3 Å². The molecule has 10 rings (SSSR count). The van der Waals surface area contributed by atoms with Gasteiger partial charge in [-0.15, -0.1) is 52.6 Å². The molecule has 2 aliphatic rings. The molecule has 0 N–H and O–H groups in total. The van der Waals surface area contributed by atoms with Gasteiger partial charge in [-0.1, -0.05) is 81.8 Å². The first-order valence-corrected chi connectivity index (χ1v) is 20.5. The van der Waals surface area contributed by atoms with E-state index in [4.69, 9.17) is 24.1 Å². The summed E-state index contributed by atoms with van der Waals surface area (Å²) in [6.07, 6.45) is 8.84. The molecular weight excluding hydrogens is 898 g/mol. The van der Waals surface area contributed by atoms with E-state index < -0.39 is 0 Å². The third kappa shape index (κ3) is 7.85. The minimum absolute atomic E-state index is 0. The fourth-order valence-electron chi connectivity index (χ4n) is 9.00. The van der Waals surface area contributed by atoms with Crippen molar-refractivity contribution >= 4 is 43.6 Å². The number of aromatic nitrogens is 3. The van der Waals surface area contributed by atoms with Crippen LogP contribution in [0.15, 0.2) is 89.5 Å². The Morgan fingerprint density at radius 1 is 0.741 bits per heavy atom. The van der Waals surface area contributed by atoms with Crippen LogP contribution < -0.4 is 0 Å². The molecule has 8 aromatic rings. The van der Waals surface area contributed by atoms with Gasteiger partial charge in [0.15, 0.2) is 0 Å². The van der Waals surface area contributed by atoms with Gasteiger partial charge in [-0.05, 0) is 119 Å². The fraction of sp³-hybridized carbons (Fsp3) is 0.314. The monoisotopic (exact) mass is 946 g/mol. The van der Waals surface area contributed by atoms with Crippen molar-refractivity contribution in [3.63, 3.8) is 0 Å². The summed E-state index contributed by atoms with van der Waals surface area (Å²) in [4.78, 5) is 14.2. The molecule has 1 saturated carbocycles. The van der Waals surface area contributed by atoms with Crippen LogP contribution in [0, 0.1) is 38.7 Å². The molecule has 1 aliphatic heterocycles. The van der Waals surface area contributed by atoms with E-state index in [-0.39, 0.29) is 37.8 Å². The first-order chi connectivity index (χ1) is 27.7. The molecule has 2 fully saturated rings. The number of benzene rings is 5. The van der Waals surface area contributed by atoms with E-state index in [1.165, 1.54) is 36.8 Å². The van der Waals surface area contributed by atoms with Gasteiger partial charge in [0, 0.05) is 44.9 Å². The molecule has 5 aromatic carbocycles. The zero-order chi connectivity index (χ0) is 39.2. The average molecular weight is 946 g/mol. The summed E-state index contributed by atoms with van der Waals surface area (Å²) in [5.41, 5.74) is 11.9. The van der Waals surface area contributed by atoms with Gasteiger partial charge in [0.1, 0.15) is 17.2 Å². The normalized spacial score (nSPS) is 15.0. The molecule has 0 atom stereocenters. The molecule has 0 amide bonds. The van der Waals surface area contributed by atoms with Crippen LogP contribution in [0.25, 0.3) is 66.1 Å². The number of fused-ring (bicyclic) bond motifs is 5. The number of aryl methyl sites for hydroxylation is 3. The Hall–Kier alpha value is -4.81. The van der Waals surface area contributed by atoms with Gasteiger partial charge < -0.3 is 14.1 Å². The summed E-state index contributed by atoms with van der Waals surface area (Å²) >= 11 is 0. The average Bonchev–Trinajstić information content (AvgIpc) is 3.89. The van der Waals surface area contributed by atoms with E-state index in [0.29, 0.717) is 24.8 Å². The molecule has 0 unspecified atom stereocenters. The number of para-hydroxylation sites is 1. The van der Waals surface area contributed by atoms with Gasteiger partial charge >= 0.3 is 0 Å². The van der Waals surface area contributed by atoms with Crippen LogP contribution in [0.5, 0.6) is 0 Å². The van der Waals surface area contributed by atoms with Crippen LogP contribution in [-0.4, -0.2) is 28.2 Å². The van der Waals surface area contributed by atoms with Gasteiger partial charge in [-0.2, -0.15) is 0 Å². The zero-order valence-electron chi connectivity index (χ0n) is 33.8. The number of ether oxygens (including phenoxy) is 1. The second-order valence-electron chi connectivity index (χ2n) is 16.4. The Labute approximate surface area is 353 Å². The standard InChI is InChI=1S/C29H25FNO2.C22H23N2.Ir/c1-17(2)20-14-24-21-5-3-4-6-27(21)33-29(24)25(15-20)28-23-16-26(30)22(13-19(23)7-10-31-28)18-8-11-32-12-9-18;1-14-10-15(2)12-19(11-14)22-20-9-8-18(17-6-4-5-7-17)13-21(20)23-16(3)24-22;/h3-7,10,13-14,16-18H,8-9,11-12H2,1-2H3;8-11,13,17H,4-7H2,1-3H3;/q2*-1;. The Morgan fingerprint density at radius 3 is 2.31 bits per heavy atom. The Morgan fingerprint density at radius 2 is 1.53 bits per heavy atom. The van der Waals surface area contributed by atoms with Crippen LogP contribution in [-0.2, 0) is 24.8 Å². The summed E-state index contributed by atoms with van der Waals surface area (Å²) in [6, 6.07) is 33.9. The molecule has 0 bridgehead atoms. The quantitative estimate of drug-likeness (QED) is 0.161. The minimum atomic E-state index is -0.176. The second-order valence-corrected chi connectivity index (χ2v) is 16.4. The van der Waals surface area contributed by atoms with Gasteiger partial charge in [-0.25, -0.2) is 9.37 Å². The molecular formula is C51H48FIrN3O2-2. The maximum atomic E-state index is 15.4. The maximum Gasteiger partial charge on any atom is 0.126 e. The van der Waals surface area contributed by atoms with Gasteiger partial charge in [0.25, 0.3) is 0 Å². The Bertz CT molecular complexity index is 2760. The van der Waals surface area contributed by atoms with Crippen LogP contribution >= 0.6 is 0 Å². The molecule has 58 heavy (non-hydrogen) atoms. The number of pyridine rings is 1. The number of halogens is 1. The second kappa shape index (κ2) is 16.8. The predicted molar refractivity (Wildman–Crippen MR) is 229 cm³/mol. The summed E-state index contributed by atoms with van der Waals surface area (Å²) in [5, 5.41) is 5.00. The van der Waals surface area contributed by atoms with Crippen molar-refractivity contribution in [2.24, 2.45) is 0 Å². The van der Waals surface area contributed by atoms with Crippen LogP contribution in [0.4, 0.5) is 4.39 Å². The van der Waals surface area contributed by atoms with E-state index in [0.717, 1.165) is 95.8 Å². The summed E-state index contributed by atoms with van der Waals surface area (Å²) in [5.74, 6) is 1.84. The predicted octanol–water partition coefficient (Wildman–Crippen LogP) is 13.4. The van der Waals surface area contributed by atoms with Crippen LogP contribution in [0.2, 0.25) is 0 Å². The van der Waals surface area contributed by atoms with Crippen molar-refractivity contribution in [2.45, 2.75) is 90.9 Å². The summed E-state index contributed by atoms with van der Waals surface area (Å²) in [7, 11) is 0. The molecule has 1 aliphatic carbocycles. The molecule has 4 heterocycles. The molecule has 297 valence electrons. The molecule has 5 nitrogen and oxygen atoms in total. The molecule has 7 heteroatoms. The molecule has 3 aromatic heterocycles. The van der Waals surface area contributed by atoms with E-state index in [9.17, 15) is 0 Å². The van der Waals surface area contributed by atoms with Crippen molar-refractivity contribution in [1.82, 2.24) is 15.0 Å². The summed E-state index contributed by atoms with van der Waals surface area (Å²) < 4.78 is 27.2. The van der Waals surface area contributed by atoms with E-state index in [1.807, 2.05) is 37.3 Å². The molecule has 0 spiro atoms. The zero-order valence-corrected chi connectivity index (χ0v) is 36.2. The Kier molecular flexibility index (Phi) is 11.6. The minimum Gasteiger partial charge on any atom is -0.501 e. The fourth-order valence-corrected chi connectivity index (χ4v) is 9.00. The SMILES string of the molecule is CC(C)c1[c-]c(-c2nccc3cc(C4CCOCC4)c(F)cc23)c2oc3ccccc3c2c1.Cc1[c-]c(-c2nc(C)nc3cc(C4CCCC4)ccc23)cc(C)c1.[Ir]. The van der Waals surface area contributed by atoms with Crippen molar-refractivity contribution in [1.29, 1.82) is 0 Å².